The van der Waals surface area contributed by atoms with Crippen LogP contribution in [0.15, 0.2) is 43.1 Å². The maximum atomic E-state index is 13.4. The molecule has 164 valence electrons. The minimum absolute atomic E-state index is 0.225. The molecule has 0 aliphatic heterocycles. The van der Waals surface area contributed by atoms with Crippen molar-refractivity contribution < 1.29 is 17.6 Å². The lowest BCUT2D eigenvalue weighted by Gasteiger charge is -2.27. The number of benzene rings is 1. The van der Waals surface area contributed by atoms with E-state index in [-0.39, 0.29) is 6.04 Å². The zero-order valence-electron chi connectivity index (χ0n) is 17.5. The molecule has 1 aromatic carbocycles. The van der Waals surface area contributed by atoms with Crippen LogP contribution in [0.1, 0.15) is 57.1 Å². The number of rotatable bonds is 14. The van der Waals surface area contributed by atoms with Crippen molar-refractivity contribution in [3.63, 3.8) is 0 Å². The molecule has 1 nitrogen and oxygen atoms in total. The van der Waals surface area contributed by atoms with E-state index < -0.39 is 17.6 Å². The molecule has 1 rings (SSSR count). The van der Waals surface area contributed by atoms with Gasteiger partial charge in [-0.25, -0.2) is 4.39 Å². The standard InChI is InChI=1S/C23H33F4NS/c1-4-7-10-16-29-17-15-28(6-3)20(5-2)12-9-8-11-19-13-14-22(24)21(18-19)23(25,26)27/h6,9,12-14,18,20H,3-5,7-8,10-11,15-17H2,1-2H3/b12-9+. The molecule has 0 saturated carbocycles. The summed E-state index contributed by atoms with van der Waals surface area (Å²) in [5, 5.41) is 0. The van der Waals surface area contributed by atoms with Gasteiger partial charge in [-0.05, 0) is 55.3 Å². The van der Waals surface area contributed by atoms with E-state index in [1.54, 1.807) is 0 Å². The van der Waals surface area contributed by atoms with Crippen LogP contribution >= 0.6 is 11.8 Å². The highest BCUT2D eigenvalue weighted by atomic mass is 32.2. The first-order valence-corrected chi connectivity index (χ1v) is 11.5. The summed E-state index contributed by atoms with van der Waals surface area (Å²) >= 11 is 1.96. The Morgan fingerprint density at radius 1 is 1.17 bits per heavy atom. The molecule has 1 aromatic rings. The summed E-state index contributed by atoms with van der Waals surface area (Å²) < 4.78 is 51.8. The van der Waals surface area contributed by atoms with Gasteiger partial charge >= 0.3 is 6.18 Å². The SMILES string of the molecule is C=CN(CCSCCCCC)C(/C=C/CCc1ccc(F)c(C(F)(F)F)c1)CC. The Labute approximate surface area is 177 Å². The van der Waals surface area contributed by atoms with Crippen molar-refractivity contribution in [3.05, 3.63) is 60.1 Å². The zero-order valence-corrected chi connectivity index (χ0v) is 18.3. The first-order chi connectivity index (χ1) is 13.8. The molecule has 0 fully saturated rings. The van der Waals surface area contributed by atoms with Gasteiger partial charge in [0.2, 0.25) is 0 Å². The van der Waals surface area contributed by atoms with E-state index in [2.05, 4.69) is 31.4 Å². The lowest BCUT2D eigenvalue weighted by molar-refractivity contribution is -0.140. The molecule has 0 aromatic heterocycles. The van der Waals surface area contributed by atoms with Crippen LogP contribution < -0.4 is 0 Å². The topological polar surface area (TPSA) is 3.24 Å². The molecule has 0 radical (unpaired) electrons. The lowest BCUT2D eigenvalue weighted by Crippen LogP contribution is -2.30. The highest BCUT2D eigenvalue weighted by molar-refractivity contribution is 7.99. The van der Waals surface area contributed by atoms with E-state index in [9.17, 15) is 17.6 Å². The van der Waals surface area contributed by atoms with Gasteiger partial charge in [0.05, 0.1) is 5.56 Å². The number of allylic oxidation sites excluding steroid dienone is 1. The van der Waals surface area contributed by atoms with Crippen molar-refractivity contribution in [1.82, 2.24) is 4.90 Å². The number of halogens is 4. The van der Waals surface area contributed by atoms with Crippen molar-refractivity contribution in [2.75, 3.05) is 18.1 Å². The number of unbranched alkanes of at least 4 members (excludes halogenated alkanes) is 2. The molecule has 0 aliphatic carbocycles. The Balaban J connectivity index is 2.52. The van der Waals surface area contributed by atoms with Crippen LogP contribution in [0.3, 0.4) is 0 Å². The maximum Gasteiger partial charge on any atom is 0.419 e. The number of alkyl halides is 3. The first kappa shape index (κ1) is 25.6. The normalized spacial score (nSPS) is 13.0. The van der Waals surface area contributed by atoms with E-state index in [0.717, 1.165) is 30.9 Å². The van der Waals surface area contributed by atoms with Crippen molar-refractivity contribution >= 4 is 11.8 Å². The summed E-state index contributed by atoms with van der Waals surface area (Å²) in [5.74, 6) is 1.01. The molecule has 0 N–H and O–H groups in total. The summed E-state index contributed by atoms with van der Waals surface area (Å²) in [6.07, 6.45) is 7.03. The number of aryl methyl sites for hydroxylation is 1. The molecule has 6 heteroatoms. The third-order valence-corrected chi connectivity index (χ3v) is 5.81. The van der Waals surface area contributed by atoms with Crippen LogP contribution in [0.5, 0.6) is 0 Å². The fraction of sp³-hybridized carbons (Fsp3) is 0.565. The van der Waals surface area contributed by atoms with Gasteiger partial charge in [-0.2, -0.15) is 24.9 Å². The zero-order chi connectivity index (χ0) is 21.7. The highest BCUT2D eigenvalue weighted by Crippen LogP contribution is 2.32. The summed E-state index contributed by atoms with van der Waals surface area (Å²) in [6, 6.07) is 3.45. The Hall–Kier alpha value is -1.43. The predicted molar refractivity (Wildman–Crippen MR) is 117 cm³/mol. The van der Waals surface area contributed by atoms with Gasteiger partial charge in [0.25, 0.3) is 0 Å². The van der Waals surface area contributed by atoms with Gasteiger partial charge in [-0.1, -0.05) is 51.5 Å². The Kier molecular flexibility index (Phi) is 12.1. The second kappa shape index (κ2) is 13.7. The predicted octanol–water partition coefficient (Wildman–Crippen LogP) is 7.48. The molecular weight excluding hydrogens is 398 g/mol. The first-order valence-electron chi connectivity index (χ1n) is 10.3. The smallest absolute Gasteiger partial charge is 0.371 e. The molecule has 1 unspecified atom stereocenters. The van der Waals surface area contributed by atoms with Crippen molar-refractivity contribution in [2.45, 2.75) is 64.6 Å². The van der Waals surface area contributed by atoms with Crippen LogP contribution in [0.2, 0.25) is 0 Å². The fourth-order valence-corrected chi connectivity index (χ4v) is 4.00. The second-order valence-electron chi connectivity index (χ2n) is 6.99. The van der Waals surface area contributed by atoms with Crippen LogP contribution in [-0.2, 0) is 12.6 Å². The molecule has 0 heterocycles. The molecule has 0 bridgehead atoms. The molecule has 0 amide bonds. The van der Waals surface area contributed by atoms with E-state index in [1.807, 2.05) is 24.0 Å². The Morgan fingerprint density at radius 2 is 1.93 bits per heavy atom. The Morgan fingerprint density at radius 3 is 2.55 bits per heavy atom. The molecular formula is C23H33F4NS. The molecule has 0 spiro atoms. The van der Waals surface area contributed by atoms with E-state index in [0.29, 0.717) is 18.4 Å². The molecule has 0 saturated heterocycles. The average Bonchev–Trinajstić information content (AvgIpc) is 2.68. The summed E-state index contributed by atoms with van der Waals surface area (Å²) in [5.41, 5.74) is -0.708. The van der Waals surface area contributed by atoms with Crippen LogP contribution in [0.25, 0.3) is 0 Å². The Bertz CT molecular complexity index is 628. The lowest BCUT2D eigenvalue weighted by atomic mass is 10.0. The van der Waals surface area contributed by atoms with Gasteiger partial charge in [0.1, 0.15) is 5.82 Å². The van der Waals surface area contributed by atoms with E-state index in [4.69, 9.17) is 0 Å². The van der Waals surface area contributed by atoms with Crippen LogP contribution in [-0.4, -0.2) is 29.0 Å². The minimum atomic E-state index is -4.66. The van der Waals surface area contributed by atoms with E-state index >= 15 is 0 Å². The minimum Gasteiger partial charge on any atom is -0.371 e. The van der Waals surface area contributed by atoms with Gasteiger partial charge < -0.3 is 4.90 Å². The number of hydrogen-bond donors (Lipinski definition) is 0. The van der Waals surface area contributed by atoms with Crippen molar-refractivity contribution in [2.24, 2.45) is 0 Å². The number of hydrogen-bond acceptors (Lipinski definition) is 2. The van der Waals surface area contributed by atoms with Crippen LogP contribution in [0.4, 0.5) is 17.6 Å². The second-order valence-corrected chi connectivity index (χ2v) is 8.22. The van der Waals surface area contributed by atoms with Gasteiger partial charge in [0.15, 0.2) is 0 Å². The molecule has 29 heavy (non-hydrogen) atoms. The van der Waals surface area contributed by atoms with Crippen molar-refractivity contribution in [1.29, 1.82) is 0 Å². The van der Waals surface area contributed by atoms with Crippen LogP contribution in [0, 0.1) is 5.82 Å². The third kappa shape index (κ3) is 9.75. The quantitative estimate of drug-likeness (QED) is 0.171. The summed E-state index contributed by atoms with van der Waals surface area (Å²) in [7, 11) is 0. The average molecular weight is 432 g/mol. The number of nitrogens with zero attached hydrogens (tertiary/aromatic N) is 1. The molecule has 0 aliphatic rings. The highest BCUT2D eigenvalue weighted by Gasteiger charge is 2.34. The van der Waals surface area contributed by atoms with E-state index in [1.165, 1.54) is 31.1 Å². The number of thioether (sulfide) groups is 1. The van der Waals surface area contributed by atoms with Crippen molar-refractivity contribution in [3.8, 4) is 0 Å². The monoisotopic (exact) mass is 431 g/mol. The van der Waals surface area contributed by atoms with Gasteiger partial charge in [-0.15, -0.1) is 0 Å². The largest absolute Gasteiger partial charge is 0.419 e. The summed E-state index contributed by atoms with van der Waals surface area (Å²) in [4.78, 5) is 2.21. The van der Waals surface area contributed by atoms with Gasteiger partial charge in [-0.3, -0.25) is 0 Å². The molecule has 1 atom stereocenters. The summed E-state index contributed by atoms with van der Waals surface area (Å²) in [6.45, 7) is 9.15. The third-order valence-electron chi connectivity index (χ3n) is 4.76. The van der Waals surface area contributed by atoms with Gasteiger partial charge in [0, 0.05) is 18.3 Å². The maximum absolute atomic E-state index is 13.4. The fourth-order valence-electron chi connectivity index (χ4n) is 3.05.